The van der Waals surface area contributed by atoms with E-state index in [0.717, 1.165) is 65.1 Å². The molecule has 1 N–H and O–H groups in total. The van der Waals surface area contributed by atoms with Crippen LogP contribution in [-0.4, -0.2) is 44.5 Å². The van der Waals surface area contributed by atoms with Crippen LogP contribution in [0.2, 0.25) is 0 Å². The monoisotopic (exact) mass is 497 g/mol. The van der Waals surface area contributed by atoms with Crippen LogP contribution in [0.4, 0.5) is 0 Å². The van der Waals surface area contributed by atoms with Gasteiger partial charge in [-0.3, -0.25) is 14.1 Å². The highest BCUT2D eigenvalue weighted by atomic mass is 16.1. The molecule has 0 fully saturated rings. The number of aromatic amines is 1. The van der Waals surface area contributed by atoms with Crippen LogP contribution >= 0.6 is 0 Å². The van der Waals surface area contributed by atoms with Crippen molar-refractivity contribution >= 4 is 0 Å². The summed E-state index contributed by atoms with van der Waals surface area (Å²) in [5.41, 5.74) is 5.56. The zero-order valence-corrected chi connectivity index (χ0v) is 21.4. The van der Waals surface area contributed by atoms with E-state index in [9.17, 15) is 4.79 Å². The minimum atomic E-state index is -0.0532. The number of hydrogen-bond donors (Lipinski definition) is 1. The predicted molar refractivity (Wildman–Crippen MR) is 141 cm³/mol. The summed E-state index contributed by atoms with van der Waals surface area (Å²) in [6, 6.07) is 11.8. The number of H-pyrrole nitrogens is 1. The second-order valence-electron chi connectivity index (χ2n) is 8.96. The molecule has 10 heteroatoms. The predicted octanol–water partition coefficient (Wildman–Crippen LogP) is 4.05. The molecule has 0 aliphatic heterocycles. The summed E-state index contributed by atoms with van der Waals surface area (Å²) in [6.07, 6.45) is 9.41. The number of benzene rings is 1. The molecule has 190 valence electrons. The van der Waals surface area contributed by atoms with Gasteiger partial charge >= 0.3 is 5.69 Å². The van der Waals surface area contributed by atoms with Crippen molar-refractivity contribution < 1.29 is 0 Å². The van der Waals surface area contributed by atoms with Gasteiger partial charge in [0, 0.05) is 41.3 Å². The molecule has 0 radical (unpaired) electrons. The van der Waals surface area contributed by atoms with E-state index in [1.165, 1.54) is 0 Å². The van der Waals surface area contributed by atoms with Crippen molar-refractivity contribution in [3.8, 4) is 28.5 Å². The number of nitrogens with one attached hydrogen (secondary N) is 1. The van der Waals surface area contributed by atoms with Crippen molar-refractivity contribution in [1.29, 1.82) is 0 Å². The van der Waals surface area contributed by atoms with E-state index in [2.05, 4.69) is 39.6 Å². The molecule has 1 aromatic carbocycles. The fourth-order valence-corrected chi connectivity index (χ4v) is 4.62. The van der Waals surface area contributed by atoms with E-state index in [1.807, 2.05) is 71.2 Å². The van der Waals surface area contributed by atoms with Gasteiger partial charge in [-0.2, -0.15) is 10.3 Å². The summed E-state index contributed by atoms with van der Waals surface area (Å²) in [4.78, 5) is 18.4. The maximum absolute atomic E-state index is 13.7. The van der Waals surface area contributed by atoms with Crippen molar-refractivity contribution in [3.05, 3.63) is 82.3 Å². The van der Waals surface area contributed by atoms with E-state index in [1.54, 1.807) is 4.57 Å². The maximum atomic E-state index is 13.7. The average molecular weight is 498 g/mol. The van der Waals surface area contributed by atoms with Crippen LogP contribution in [0.15, 0.2) is 59.8 Å². The van der Waals surface area contributed by atoms with Crippen LogP contribution < -0.4 is 5.69 Å². The number of nitrogens with zero attached hydrogens (tertiary/aromatic N) is 8. The highest BCUT2D eigenvalue weighted by molar-refractivity contribution is 5.78. The molecule has 37 heavy (non-hydrogen) atoms. The maximum Gasteiger partial charge on any atom is 0.334 e. The third-order valence-corrected chi connectivity index (χ3v) is 6.60. The van der Waals surface area contributed by atoms with Crippen molar-refractivity contribution in [2.45, 2.75) is 59.5 Å². The smallest absolute Gasteiger partial charge is 0.292 e. The Labute approximate surface area is 215 Å². The lowest BCUT2D eigenvalue weighted by Crippen LogP contribution is -2.26. The number of rotatable bonds is 10. The fourth-order valence-electron chi connectivity index (χ4n) is 4.62. The highest BCUT2D eigenvalue weighted by Gasteiger charge is 2.19. The number of aryl methyl sites for hydroxylation is 3. The number of tetrazole rings is 1. The number of pyridine rings is 1. The van der Waals surface area contributed by atoms with Crippen LogP contribution in [-0.2, 0) is 25.9 Å². The molecule has 4 heterocycles. The number of unbranched alkanes of at least 4 members (excludes halogenated alkanes) is 1. The third kappa shape index (κ3) is 4.74. The Hall–Kier alpha value is -4.34. The van der Waals surface area contributed by atoms with Gasteiger partial charge in [0.15, 0.2) is 0 Å². The quantitative estimate of drug-likeness (QED) is 0.312. The Bertz CT molecular complexity index is 1500. The lowest BCUT2D eigenvalue weighted by Gasteiger charge is -2.09. The molecule has 0 unspecified atom stereocenters. The topological polar surface area (TPSA) is 112 Å². The van der Waals surface area contributed by atoms with Crippen LogP contribution in [0, 0.1) is 0 Å². The first-order valence-corrected chi connectivity index (χ1v) is 12.8. The lowest BCUT2D eigenvalue weighted by atomic mass is 10.0. The van der Waals surface area contributed by atoms with Crippen LogP contribution in [0.25, 0.3) is 28.5 Å². The Morgan fingerprint density at radius 2 is 1.84 bits per heavy atom. The van der Waals surface area contributed by atoms with Gasteiger partial charge in [0.05, 0.1) is 18.4 Å². The van der Waals surface area contributed by atoms with Gasteiger partial charge in [0.1, 0.15) is 5.82 Å². The second kappa shape index (κ2) is 10.7. The summed E-state index contributed by atoms with van der Waals surface area (Å²) >= 11 is 0. The molecule has 0 aliphatic rings. The van der Waals surface area contributed by atoms with E-state index >= 15 is 0 Å². The Morgan fingerprint density at radius 1 is 1.00 bits per heavy atom. The van der Waals surface area contributed by atoms with Gasteiger partial charge in [-0.15, -0.1) is 10.2 Å². The first kappa shape index (κ1) is 24.4. The summed E-state index contributed by atoms with van der Waals surface area (Å²) in [7, 11) is 0. The zero-order valence-electron chi connectivity index (χ0n) is 21.4. The third-order valence-electron chi connectivity index (χ3n) is 6.60. The molecule has 0 amide bonds. The largest absolute Gasteiger partial charge is 0.334 e. The number of aromatic nitrogens is 9. The Morgan fingerprint density at radius 3 is 2.51 bits per heavy atom. The van der Waals surface area contributed by atoms with Gasteiger partial charge in [-0.1, -0.05) is 50.6 Å². The molecule has 0 atom stereocenters. The Kier molecular flexibility index (Phi) is 7.07. The van der Waals surface area contributed by atoms with E-state index in [4.69, 9.17) is 4.98 Å². The number of imidazole rings is 1. The molecule has 4 aromatic heterocycles. The highest BCUT2D eigenvalue weighted by Crippen LogP contribution is 2.28. The summed E-state index contributed by atoms with van der Waals surface area (Å²) in [6.45, 7) is 7.45. The minimum absolute atomic E-state index is 0.0532. The van der Waals surface area contributed by atoms with E-state index in [-0.39, 0.29) is 5.69 Å². The Balaban J connectivity index is 1.49. The first-order chi connectivity index (χ1) is 18.1. The molecule has 0 bridgehead atoms. The van der Waals surface area contributed by atoms with E-state index in [0.29, 0.717) is 18.9 Å². The normalized spacial score (nSPS) is 11.3. The van der Waals surface area contributed by atoms with Gasteiger partial charge < -0.3 is 0 Å². The van der Waals surface area contributed by atoms with Crippen LogP contribution in [0.3, 0.4) is 0 Å². The summed E-state index contributed by atoms with van der Waals surface area (Å²) in [5, 5.41) is 18.9. The van der Waals surface area contributed by atoms with Gasteiger partial charge in [-0.05, 0) is 43.0 Å². The van der Waals surface area contributed by atoms with Gasteiger partial charge in [-0.25, -0.2) is 9.48 Å². The van der Waals surface area contributed by atoms with E-state index < -0.39 is 0 Å². The molecule has 5 aromatic rings. The van der Waals surface area contributed by atoms with Crippen molar-refractivity contribution in [1.82, 2.24) is 44.5 Å². The summed E-state index contributed by atoms with van der Waals surface area (Å²) < 4.78 is 5.53. The van der Waals surface area contributed by atoms with Crippen molar-refractivity contribution in [3.63, 3.8) is 0 Å². The molecule has 10 nitrogen and oxygen atoms in total. The first-order valence-electron chi connectivity index (χ1n) is 12.8. The van der Waals surface area contributed by atoms with Gasteiger partial charge in [0.25, 0.3) is 0 Å². The molecule has 0 saturated carbocycles. The van der Waals surface area contributed by atoms with Crippen molar-refractivity contribution in [2.75, 3.05) is 0 Å². The fraction of sp³-hybridized carbons (Fsp3) is 0.333. The van der Waals surface area contributed by atoms with Crippen LogP contribution in [0.5, 0.6) is 0 Å². The molecular formula is C27H31N9O. The molecule has 5 rings (SSSR count). The molecular weight excluding hydrogens is 466 g/mol. The number of hydrogen-bond acceptors (Lipinski definition) is 6. The minimum Gasteiger partial charge on any atom is -0.292 e. The SMILES string of the molecule is CCCCc1cn(-c2c(CC)cnn2CC)c(=O)n1Cc1ccc(-c2ccccc2-c2nn[nH]n2)nc1. The van der Waals surface area contributed by atoms with Gasteiger partial charge in [0.2, 0.25) is 5.82 Å². The second-order valence-corrected chi connectivity index (χ2v) is 8.96. The standard InChI is InChI=1S/C27H31N9O/c1-4-7-10-21-18-35(26-20(5-2)16-29-36(26)6-3)27(37)34(21)17-19-13-14-24(28-15-19)22-11-8-9-12-23(22)25-30-32-33-31-25/h8-9,11-16,18H,4-7,10,17H2,1-3H3,(H,30,31,32,33). The molecule has 0 spiro atoms. The van der Waals surface area contributed by atoms with Crippen molar-refractivity contribution in [2.24, 2.45) is 0 Å². The molecule has 0 saturated heterocycles. The lowest BCUT2D eigenvalue weighted by molar-refractivity contribution is 0.623. The molecule has 0 aliphatic carbocycles. The van der Waals surface area contributed by atoms with Crippen LogP contribution in [0.1, 0.15) is 50.4 Å². The zero-order chi connectivity index (χ0) is 25.8. The summed E-state index contributed by atoms with van der Waals surface area (Å²) in [5.74, 6) is 1.38. The average Bonchev–Trinajstić information content (AvgIpc) is 3.68.